The molecule has 1 N–H and O–H groups in total. The minimum absolute atomic E-state index is 0.641. The van der Waals surface area contributed by atoms with E-state index in [4.69, 9.17) is 16.9 Å². The van der Waals surface area contributed by atoms with Gasteiger partial charge in [-0.25, -0.2) is 0 Å². The van der Waals surface area contributed by atoms with Gasteiger partial charge in [0.2, 0.25) is 0 Å². The fourth-order valence-corrected chi connectivity index (χ4v) is 2.18. The molecule has 0 unspecified atom stereocenters. The van der Waals surface area contributed by atoms with Gasteiger partial charge in [-0.05, 0) is 48.5 Å². The molecule has 3 rings (SSSR count). The molecule has 96 valence electrons. The molecule has 1 heterocycles. The van der Waals surface area contributed by atoms with Crippen LogP contribution in [0.5, 0.6) is 0 Å². The van der Waals surface area contributed by atoms with Crippen molar-refractivity contribution in [3.63, 3.8) is 0 Å². The van der Waals surface area contributed by atoms with Crippen LogP contribution in [0.15, 0.2) is 54.7 Å². The lowest BCUT2D eigenvalue weighted by atomic mass is 10.1. The van der Waals surface area contributed by atoms with Gasteiger partial charge in [-0.3, -0.25) is 4.98 Å². The number of nitriles is 1. The summed E-state index contributed by atoms with van der Waals surface area (Å²) in [7, 11) is 0. The Morgan fingerprint density at radius 2 is 1.85 bits per heavy atom. The van der Waals surface area contributed by atoms with Gasteiger partial charge in [0.15, 0.2) is 0 Å². The van der Waals surface area contributed by atoms with Crippen molar-refractivity contribution >= 4 is 33.9 Å². The van der Waals surface area contributed by atoms with Crippen molar-refractivity contribution in [3.05, 3.63) is 65.3 Å². The predicted molar refractivity (Wildman–Crippen MR) is 81.2 cm³/mol. The first-order chi connectivity index (χ1) is 9.76. The van der Waals surface area contributed by atoms with Gasteiger partial charge in [0, 0.05) is 28.0 Å². The largest absolute Gasteiger partial charge is 0.355 e. The number of hydrogen-bond acceptors (Lipinski definition) is 3. The molecule has 0 saturated carbocycles. The second-order valence-electron chi connectivity index (χ2n) is 4.33. The van der Waals surface area contributed by atoms with Crippen molar-refractivity contribution in [2.45, 2.75) is 0 Å². The van der Waals surface area contributed by atoms with Crippen LogP contribution in [-0.2, 0) is 0 Å². The number of nitrogens with zero attached hydrogens (tertiary/aromatic N) is 2. The zero-order valence-electron chi connectivity index (χ0n) is 10.5. The lowest BCUT2D eigenvalue weighted by Crippen LogP contribution is -1.92. The highest BCUT2D eigenvalue weighted by Crippen LogP contribution is 2.27. The Morgan fingerprint density at radius 1 is 1.05 bits per heavy atom. The second kappa shape index (κ2) is 5.20. The van der Waals surface area contributed by atoms with Crippen LogP contribution in [0.25, 0.3) is 10.9 Å². The molecule has 0 bridgehead atoms. The normalized spacial score (nSPS) is 10.2. The Kier molecular flexibility index (Phi) is 3.24. The zero-order chi connectivity index (χ0) is 13.9. The highest BCUT2D eigenvalue weighted by Gasteiger charge is 2.03. The van der Waals surface area contributed by atoms with Crippen molar-refractivity contribution in [1.29, 1.82) is 5.26 Å². The SMILES string of the molecule is N#Cc1ccc(Nc2ccnc3cc(Cl)ccc23)cc1. The van der Waals surface area contributed by atoms with Gasteiger partial charge in [0.1, 0.15) is 0 Å². The number of aromatic nitrogens is 1. The van der Waals surface area contributed by atoms with E-state index in [-0.39, 0.29) is 0 Å². The highest BCUT2D eigenvalue weighted by molar-refractivity contribution is 6.31. The van der Waals surface area contributed by atoms with E-state index in [0.29, 0.717) is 10.6 Å². The van der Waals surface area contributed by atoms with Gasteiger partial charge in [0.05, 0.1) is 17.1 Å². The van der Waals surface area contributed by atoms with E-state index in [1.54, 1.807) is 18.3 Å². The van der Waals surface area contributed by atoms with Crippen molar-refractivity contribution in [3.8, 4) is 6.07 Å². The molecule has 0 amide bonds. The van der Waals surface area contributed by atoms with Crippen LogP contribution in [0.3, 0.4) is 0 Å². The molecular weight excluding hydrogens is 270 g/mol. The second-order valence-corrected chi connectivity index (χ2v) is 4.77. The fourth-order valence-electron chi connectivity index (χ4n) is 2.01. The Morgan fingerprint density at radius 3 is 2.60 bits per heavy atom. The van der Waals surface area contributed by atoms with Crippen molar-refractivity contribution < 1.29 is 0 Å². The van der Waals surface area contributed by atoms with Crippen molar-refractivity contribution in [2.24, 2.45) is 0 Å². The molecule has 0 aliphatic carbocycles. The van der Waals surface area contributed by atoms with E-state index in [0.717, 1.165) is 22.3 Å². The number of halogens is 1. The van der Waals surface area contributed by atoms with Crippen LogP contribution in [0.2, 0.25) is 5.02 Å². The molecule has 0 atom stereocenters. The summed E-state index contributed by atoms with van der Waals surface area (Å²) in [6.45, 7) is 0. The third-order valence-electron chi connectivity index (χ3n) is 3.00. The molecule has 0 fully saturated rings. The monoisotopic (exact) mass is 279 g/mol. The number of benzene rings is 2. The van der Waals surface area contributed by atoms with Gasteiger partial charge >= 0.3 is 0 Å². The molecule has 20 heavy (non-hydrogen) atoms. The third kappa shape index (κ3) is 2.42. The Bertz CT molecular complexity index is 804. The maximum Gasteiger partial charge on any atom is 0.0991 e. The quantitative estimate of drug-likeness (QED) is 0.751. The van der Waals surface area contributed by atoms with E-state index < -0.39 is 0 Å². The van der Waals surface area contributed by atoms with E-state index in [1.165, 1.54) is 0 Å². The minimum Gasteiger partial charge on any atom is -0.355 e. The summed E-state index contributed by atoms with van der Waals surface area (Å²) >= 11 is 5.97. The summed E-state index contributed by atoms with van der Waals surface area (Å²) in [5.74, 6) is 0. The first-order valence-corrected chi connectivity index (χ1v) is 6.45. The summed E-state index contributed by atoms with van der Waals surface area (Å²) in [6, 6.07) is 16.9. The van der Waals surface area contributed by atoms with Gasteiger partial charge in [-0.1, -0.05) is 11.6 Å². The van der Waals surface area contributed by atoms with E-state index in [1.807, 2.05) is 36.4 Å². The Hall–Kier alpha value is -2.57. The first-order valence-electron chi connectivity index (χ1n) is 6.08. The van der Waals surface area contributed by atoms with Crippen LogP contribution < -0.4 is 5.32 Å². The minimum atomic E-state index is 0.641. The van der Waals surface area contributed by atoms with Crippen molar-refractivity contribution in [2.75, 3.05) is 5.32 Å². The third-order valence-corrected chi connectivity index (χ3v) is 3.23. The van der Waals surface area contributed by atoms with E-state index >= 15 is 0 Å². The van der Waals surface area contributed by atoms with E-state index in [2.05, 4.69) is 16.4 Å². The topological polar surface area (TPSA) is 48.7 Å². The molecule has 3 aromatic rings. The average Bonchev–Trinajstić information content (AvgIpc) is 2.48. The summed E-state index contributed by atoms with van der Waals surface area (Å²) in [5, 5.41) is 13.8. The van der Waals surface area contributed by atoms with Gasteiger partial charge in [0.25, 0.3) is 0 Å². The number of rotatable bonds is 2. The standard InChI is InChI=1S/C16H10ClN3/c17-12-3-6-14-15(7-8-19-16(14)9-12)20-13-4-1-11(10-18)2-5-13/h1-9H,(H,19,20). The predicted octanol–water partition coefficient (Wildman–Crippen LogP) is 4.50. The number of anilines is 2. The van der Waals surface area contributed by atoms with Gasteiger partial charge in [-0.2, -0.15) is 5.26 Å². The average molecular weight is 280 g/mol. The van der Waals surface area contributed by atoms with Crippen LogP contribution in [0.1, 0.15) is 5.56 Å². The Balaban J connectivity index is 2.00. The molecule has 0 aliphatic rings. The maximum atomic E-state index is 8.79. The van der Waals surface area contributed by atoms with Crippen LogP contribution >= 0.6 is 11.6 Å². The summed E-state index contributed by atoms with van der Waals surface area (Å²) in [5.41, 5.74) is 3.36. The van der Waals surface area contributed by atoms with Gasteiger partial charge in [-0.15, -0.1) is 0 Å². The number of nitrogens with one attached hydrogen (secondary N) is 1. The Labute approximate surface area is 121 Å². The number of hydrogen-bond donors (Lipinski definition) is 1. The lowest BCUT2D eigenvalue weighted by Gasteiger charge is -2.09. The molecule has 0 spiro atoms. The lowest BCUT2D eigenvalue weighted by molar-refractivity contribution is 1.40. The molecule has 4 heteroatoms. The highest BCUT2D eigenvalue weighted by atomic mass is 35.5. The fraction of sp³-hybridized carbons (Fsp3) is 0. The summed E-state index contributed by atoms with van der Waals surface area (Å²) < 4.78 is 0. The molecule has 3 nitrogen and oxygen atoms in total. The van der Waals surface area contributed by atoms with Crippen LogP contribution in [0, 0.1) is 11.3 Å². The number of pyridine rings is 1. The smallest absolute Gasteiger partial charge is 0.0991 e. The summed E-state index contributed by atoms with van der Waals surface area (Å²) in [6.07, 6.45) is 1.74. The van der Waals surface area contributed by atoms with Crippen molar-refractivity contribution in [1.82, 2.24) is 4.98 Å². The molecule has 0 radical (unpaired) electrons. The molecule has 2 aromatic carbocycles. The molecule has 0 saturated heterocycles. The maximum absolute atomic E-state index is 8.79. The molecular formula is C16H10ClN3. The summed E-state index contributed by atoms with van der Waals surface area (Å²) in [4.78, 5) is 4.30. The van der Waals surface area contributed by atoms with E-state index in [9.17, 15) is 0 Å². The van der Waals surface area contributed by atoms with Crippen LogP contribution in [0.4, 0.5) is 11.4 Å². The zero-order valence-corrected chi connectivity index (χ0v) is 11.2. The van der Waals surface area contributed by atoms with Crippen LogP contribution in [-0.4, -0.2) is 4.98 Å². The first kappa shape index (κ1) is 12.5. The molecule has 1 aromatic heterocycles. The van der Waals surface area contributed by atoms with Gasteiger partial charge < -0.3 is 5.32 Å². The molecule has 0 aliphatic heterocycles. The number of fused-ring (bicyclic) bond motifs is 1.